The first-order valence-corrected chi connectivity index (χ1v) is 5.28. The molecule has 0 atom stereocenters. The minimum atomic E-state index is -0.0725. The van der Waals surface area contributed by atoms with Gasteiger partial charge in [-0.2, -0.15) is 0 Å². The smallest absolute Gasteiger partial charge is 0.234 e. The van der Waals surface area contributed by atoms with Crippen LogP contribution in [0.25, 0.3) is 5.78 Å². The predicted octanol–water partition coefficient (Wildman–Crippen LogP) is 1.30. The van der Waals surface area contributed by atoms with Gasteiger partial charge in [-0.25, -0.2) is 9.97 Å². The average molecular weight is 230 g/mol. The summed E-state index contributed by atoms with van der Waals surface area (Å²) < 4.78 is 1.71. The largest absolute Gasteiger partial charge is 0.383 e. The molecule has 88 valence electrons. The van der Waals surface area contributed by atoms with Crippen molar-refractivity contribution in [3.63, 3.8) is 0 Å². The standard InChI is InChI=1S/C12H14N4O/c1-9-11(10(17)5-8-15(2)3)16-7-4-6-13-12(16)14-9/h4-8H,1-3H3. The summed E-state index contributed by atoms with van der Waals surface area (Å²) in [7, 11) is 3.74. The highest BCUT2D eigenvalue weighted by Crippen LogP contribution is 2.11. The van der Waals surface area contributed by atoms with E-state index in [9.17, 15) is 4.79 Å². The lowest BCUT2D eigenvalue weighted by Gasteiger charge is -2.03. The van der Waals surface area contributed by atoms with Crippen LogP contribution < -0.4 is 0 Å². The monoisotopic (exact) mass is 230 g/mol. The van der Waals surface area contributed by atoms with Crippen LogP contribution in [-0.2, 0) is 0 Å². The average Bonchev–Trinajstić information content (AvgIpc) is 2.61. The maximum absolute atomic E-state index is 12.0. The Bertz CT molecular complexity index is 583. The summed E-state index contributed by atoms with van der Waals surface area (Å²) in [4.78, 5) is 22.2. The molecule has 0 aliphatic heterocycles. The van der Waals surface area contributed by atoms with Gasteiger partial charge in [-0.1, -0.05) is 0 Å². The lowest BCUT2D eigenvalue weighted by atomic mass is 10.2. The fourth-order valence-corrected chi connectivity index (χ4v) is 1.59. The Morgan fingerprint density at radius 3 is 2.94 bits per heavy atom. The van der Waals surface area contributed by atoms with E-state index in [-0.39, 0.29) is 5.78 Å². The highest BCUT2D eigenvalue weighted by atomic mass is 16.1. The first-order valence-electron chi connectivity index (χ1n) is 5.28. The molecule has 0 unspecified atom stereocenters. The molecule has 0 spiro atoms. The number of imidazole rings is 1. The first-order chi connectivity index (χ1) is 8.09. The summed E-state index contributed by atoms with van der Waals surface area (Å²) >= 11 is 0. The van der Waals surface area contributed by atoms with Crippen LogP contribution >= 0.6 is 0 Å². The molecule has 0 saturated carbocycles. The number of hydrogen-bond acceptors (Lipinski definition) is 4. The van der Waals surface area contributed by atoms with Crippen molar-refractivity contribution >= 4 is 11.6 Å². The SMILES string of the molecule is Cc1nc2ncccn2c1C(=O)C=CN(C)C. The van der Waals surface area contributed by atoms with E-state index in [1.54, 1.807) is 29.1 Å². The normalized spacial score (nSPS) is 11.2. The van der Waals surface area contributed by atoms with Crippen LogP contribution in [-0.4, -0.2) is 39.1 Å². The lowest BCUT2D eigenvalue weighted by Crippen LogP contribution is -2.06. The van der Waals surface area contributed by atoms with Crippen molar-refractivity contribution in [1.29, 1.82) is 0 Å². The molecule has 2 rings (SSSR count). The van der Waals surface area contributed by atoms with E-state index in [4.69, 9.17) is 0 Å². The van der Waals surface area contributed by atoms with E-state index in [0.29, 0.717) is 17.2 Å². The van der Waals surface area contributed by atoms with Gasteiger partial charge in [0, 0.05) is 38.8 Å². The first kappa shape index (κ1) is 11.3. The van der Waals surface area contributed by atoms with Crippen molar-refractivity contribution < 1.29 is 4.79 Å². The molecular formula is C12H14N4O. The second kappa shape index (κ2) is 4.37. The Morgan fingerprint density at radius 2 is 2.24 bits per heavy atom. The number of allylic oxidation sites excluding steroid dienone is 1. The van der Waals surface area contributed by atoms with Crippen LogP contribution in [0.3, 0.4) is 0 Å². The van der Waals surface area contributed by atoms with Crippen LogP contribution in [0.1, 0.15) is 16.2 Å². The Kier molecular flexibility index (Phi) is 2.91. The molecule has 2 aromatic heterocycles. The molecule has 0 bridgehead atoms. The predicted molar refractivity (Wildman–Crippen MR) is 64.9 cm³/mol. The molecule has 0 amide bonds. The zero-order valence-electron chi connectivity index (χ0n) is 10.1. The lowest BCUT2D eigenvalue weighted by molar-refractivity contribution is 0.103. The van der Waals surface area contributed by atoms with Gasteiger partial charge in [0.05, 0.1) is 5.69 Å². The van der Waals surface area contributed by atoms with Gasteiger partial charge in [0.15, 0.2) is 0 Å². The summed E-state index contributed by atoms with van der Waals surface area (Å²) in [5, 5.41) is 0. The number of nitrogens with zero attached hydrogens (tertiary/aromatic N) is 4. The third kappa shape index (κ3) is 2.18. The van der Waals surface area contributed by atoms with Crippen molar-refractivity contribution in [2.45, 2.75) is 6.92 Å². The minimum absolute atomic E-state index is 0.0725. The maximum Gasteiger partial charge on any atom is 0.234 e. The molecule has 0 aromatic carbocycles. The van der Waals surface area contributed by atoms with E-state index in [0.717, 1.165) is 0 Å². The van der Waals surface area contributed by atoms with E-state index >= 15 is 0 Å². The topological polar surface area (TPSA) is 50.5 Å². The van der Waals surface area contributed by atoms with E-state index < -0.39 is 0 Å². The minimum Gasteiger partial charge on any atom is -0.383 e. The third-order valence-electron chi connectivity index (χ3n) is 2.34. The number of rotatable bonds is 3. The fourth-order valence-electron chi connectivity index (χ4n) is 1.59. The Hall–Kier alpha value is -2.17. The van der Waals surface area contributed by atoms with Gasteiger partial charge in [-0.15, -0.1) is 0 Å². The molecule has 0 aliphatic rings. The van der Waals surface area contributed by atoms with Crippen molar-refractivity contribution in [1.82, 2.24) is 19.3 Å². The Labute approximate surface area is 99.4 Å². The van der Waals surface area contributed by atoms with Crippen LogP contribution in [0, 0.1) is 6.92 Å². The second-order valence-electron chi connectivity index (χ2n) is 3.98. The molecule has 5 heteroatoms. The van der Waals surface area contributed by atoms with Crippen LogP contribution in [0.5, 0.6) is 0 Å². The van der Waals surface area contributed by atoms with Crippen molar-refractivity contribution in [3.8, 4) is 0 Å². The maximum atomic E-state index is 12.0. The van der Waals surface area contributed by atoms with Crippen molar-refractivity contribution in [2.24, 2.45) is 0 Å². The summed E-state index contributed by atoms with van der Waals surface area (Å²) in [5.74, 6) is 0.475. The molecule has 0 aliphatic carbocycles. The summed E-state index contributed by atoms with van der Waals surface area (Å²) in [6.45, 7) is 1.81. The highest BCUT2D eigenvalue weighted by molar-refractivity contribution is 6.04. The molecule has 17 heavy (non-hydrogen) atoms. The van der Waals surface area contributed by atoms with E-state index in [2.05, 4.69) is 9.97 Å². The Balaban J connectivity index is 2.48. The van der Waals surface area contributed by atoms with Crippen LogP contribution in [0.4, 0.5) is 0 Å². The van der Waals surface area contributed by atoms with Gasteiger partial charge in [0.25, 0.3) is 0 Å². The number of aromatic nitrogens is 3. The van der Waals surface area contributed by atoms with Gasteiger partial charge in [0.1, 0.15) is 5.69 Å². The van der Waals surface area contributed by atoms with Crippen molar-refractivity contribution in [2.75, 3.05) is 14.1 Å². The van der Waals surface area contributed by atoms with Crippen molar-refractivity contribution in [3.05, 3.63) is 42.1 Å². The molecular weight excluding hydrogens is 216 g/mol. The zero-order chi connectivity index (χ0) is 12.4. The summed E-state index contributed by atoms with van der Waals surface area (Å²) in [5.41, 5.74) is 1.25. The molecule has 0 N–H and O–H groups in total. The third-order valence-corrected chi connectivity index (χ3v) is 2.34. The quantitative estimate of drug-likeness (QED) is 0.589. The number of ketones is 1. The zero-order valence-corrected chi connectivity index (χ0v) is 10.1. The second-order valence-corrected chi connectivity index (χ2v) is 3.98. The number of aryl methyl sites for hydroxylation is 1. The molecule has 2 heterocycles. The molecule has 2 aromatic rings. The molecule has 0 fully saturated rings. The molecule has 5 nitrogen and oxygen atoms in total. The van der Waals surface area contributed by atoms with Gasteiger partial charge in [-0.3, -0.25) is 9.20 Å². The van der Waals surface area contributed by atoms with Crippen LogP contribution in [0.15, 0.2) is 30.7 Å². The number of hydrogen-bond donors (Lipinski definition) is 0. The fraction of sp³-hybridized carbons (Fsp3) is 0.250. The van der Waals surface area contributed by atoms with Crippen LogP contribution in [0.2, 0.25) is 0 Å². The van der Waals surface area contributed by atoms with Gasteiger partial charge >= 0.3 is 0 Å². The molecule has 0 saturated heterocycles. The van der Waals surface area contributed by atoms with Gasteiger partial charge in [0.2, 0.25) is 11.6 Å². The van der Waals surface area contributed by atoms with Gasteiger partial charge < -0.3 is 4.90 Å². The Morgan fingerprint density at radius 1 is 1.47 bits per heavy atom. The summed E-state index contributed by atoms with van der Waals surface area (Å²) in [6, 6.07) is 1.78. The molecule has 0 radical (unpaired) electrons. The number of carbonyl (C=O) groups is 1. The van der Waals surface area contributed by atoms with E-state index in [1.165, 1.54) is 6.08 Å². The summed E-state index contributed by atoms with van der Waals surface area (Å²) in [6.07, 6.45) is 6.70. The highest BCUT2D eigenvalue weighted by Gasteiger charge is 2.14. The van der Waals surface area contributed by atoms with E-state index in [1.807, 2.05) is 25.9 Å². The van der Waals surface area contributed by atoms with Gasteiger partial charge in [-0.05, 0) is 13.0 Å². The number of fused-ring (bicyclic) bond motifs is 1. The number of carbonyl (C=O) groups excluding carboxylic acids is 1.